The molecule has 2 fully saturated rings. The predicted molar refractivity (Wildman–Crippen MR) is 95.7 cm³/mol. The fourth-order valence-corrected chi connectivity index (χ4v) is 3.25. The zero-order chi connectivity index (χ0) is 18.5. The van der Waals surface area contributed by atoms with Gasteiger partial charge in [-0.15, -0.1) is 0 Å². The minimum absolute atomic E-state index is 0.125. The third kappa shape index (κ3) is 4.41. The van der Waals surface area contributed by atoms with Crippen LogP contribution in [0.3, 0.4) is 0 Å². The monoisotopic (exact) mass is 362 g/mol. The van der Waals surface area contributed by atoms with Gasteiger partial charge >= 0.3 is 6.09 Å². The zero-order valence-electron chi connectivity index (χ0n) is 15.4. The predicted octanol–water partition coefficient (Wildman–Crippen LogP) is 2.11. The largest absolute Gasteiger partial charge is 0.415 e. The van der Waals surface area contributed by atoms with Crippen molar-refractivity contribution in [2.75, 3.05) is 52.6 Å². The van der Waals surface area contributed by atoms with Crippen LogP contribution in [0.2, 0.25) is 0 Å². The van der Waals surface area contributed by atoms with Gasteiger partial charge in [0.2, 0.25) is 0 Å². The highest BCUT2D eigenvalue weighted by molar-refractivity contribution is 5.97. The zero-order valence-corrected chi connectivity index (χ0v) is 15.4. The summed E-state index contributed by atoms with van der Waals surface area (Å²) in [6.45, 7) is 8.75. The Labute approximate surface area is 153 Å². The van der Waals surface area contributed by atoms with Crippen molar-refractivity contribution >= 4 is 11.9 Å². The van der Waals surface area contributed by atoms with E-state index in [1.54, 1.807) is 11.0 Å². The van der Waals surface area contributed by atoms with Crippen molar-refractivity contribution in [2.24, 2.45) is 0 Å². The van der Waals surface area contributed by atoms with Gasteiger partial charge in [-0.2, -0.15) is 0 Å². The number of nitrogens with zero attached hydrogens (tertiary/aromatic N) is 2. The highest BCUT2D eigenvalue weighted by atomic mass is 16.6. The van der Waals surface area contributed by atoms with E-state index in [0.29, 0.717) is 37.6 Å². The van der Waals surface area contributed by atoms with Crippen LogP contribution in [0, 0.1) is 0 Å². The maximum absolute atomic E-state index is 12.4. The molecule has 7 nitrogen and oxygen atoms in total. The van der Waals surface area contributed by atoms with Crippen molar-refractivity contribution in [2.45, 2.75) is 19.9 Å². The summed E-state index contributed by atoms with van der Waals surface area (Å²) in [5.74, 6) is 0.201. The number of carbonyl (C=O) groups is 2. The van der Waals surface area contributed by atoms with Gasteiger partial charge < -0.3 is 19.1 Å². The van der Waals surface area contributed by atoms with Crippen molar-refractivity contribution in [1.29, 1.82) is 0 Å². The number of ether oxygens (including phenoxy) is 3. The molecule has 0 aliphatic carbocycles. The molecule has 3 rings (SSSR count). The standard InChI is InChI=1S/C19H26N2O5/c1-14(20-5-9-24-10-6-20)16-3-4-17(15(2)22)18(13-16)26-19(23)21-7-11-25-12-8-21/h3-4,13-14H,5-12H2,1-2H3. The van der Waals surface area contributed by atoms with Gasteiger partial charge in [-0.3, -0.25) is 9.69 Å². The van der Waals surface area contributed by atoms with Gasteiger partial charge in [0.25, 0.3) is 0 Å². The molecule has 2 heterocycles. The first-order valence-corrected chi connectivity index (χ1v) is 9.07. The number of carbonyl (C=O) groups excluding carboxylic acids is 2. The van der Waals surface area contributed by atoms with Crippen LogP contribution in [0.25, 0.3) is 0 Å². The van der Waals surface area contributed by atoms with Gasteiger partial charge in [0.1, 0.15) is 5.75 Å². The summed E-state index contributed by atoms with van der Waals surface area (Å²) in [6, 6.07) is 5.65. The average molecular weight is 362 g/mol. The SMILES string of the molecule is CC(=O)c1ccc(C(C)N2CCOCC2)cc1OC(=O)N1CCOCC1. The third-order valence-corrected chi connectivity index (χ3v) is 4.93. The highest BCUT2D eigenvalue weighted by Gasteiger charge is 2.23. The molecule has 2 aliphatic rings. The summed E-state index contributed by atoms with van der Waals surface area (Å²) in [5, 5.41) is 0. The van der Waals surface area contributed by atoms with Crippen molar-refractivity contribution < 1.29 is 23.8 Å². The first kappa shape index (κ1) is 18.8. The minimum Gasteiger partial charge on any atom is -0.409 e. The Kier molecular flexibility index (Phi) is 6.24. The van der Waals surface area contributed by atoms with E-state index in [9.17, 15) is 9.59 Å². The fourth-order valence-electron chi connectivity index (χ4n) is 3.25. The van der Waals surface area contributed by atoms with E-state index < -0.39 is 6.09 Å². The molecule has 0 N–H and O–H groups in total. The first-order chi connectivity index (χ1) is 12.6. The number of ketones is 1. The van der Waals surface area contributed by atoms with Crippen LogP contribution in [-0.2, 0) is 9.47 Å². The Morgan fingerprint density at radius 1 is 1.04 bits per heavy atom. The Morgan fingerprint density at radius 3 is 2.27 bits per heavy atom. The number of Topliss-reactive ketones (excluding diaryl/α,β-unsaturated/α-hetero) is 1. The molecule has 0 saturated carbocycles. The first-order valence-electron chi connectivity index (χ1n) is 9.07. The molecule has 2 saturated heterocycles. The topological polar surface area (TPSA) is 68.3 Å². The van der Waals surface area contributed by atoms with Crippen LogP contribution in [0.4, 0.5) is 4.79 Å². The van der Waals surface area contributed by atoms with Gasteiger partial charge in [0.05, 0.1) is 32.0 Å². The lowest BCUT2D eigenvalue weighted by atomic mass is 10.0. The average Bonchev–Trinajstić information content (AvgIpc) is 2.68. The van der Waals surface area contributed by atoms with Crippen LogP contribution in [0.5, 0.6) is 5.75 Å². The molecule has 2 aliphatic heterocycles. The molecule has 1 aromatic rings. The molecule has 142 valence electrons. The molecular weight excluding hydrogens is 336 g/mol. The Hall–Kier alpha value is -1.96. The summed E-state index contributed by atoms with van der Waals surface area (Å²) in [5.41, 5.74) is 1.44. The summed E-state index contributed by atoms with van der Waals surface area (Å²) in [7, 11) is 0. The van der Waals surface area contributed by atoms with E-state index in [-0.39, 0.29) is 11.8 Å². The van der Waals surface area contributed by atoms with Gasteiger partial charge in [-0.1, -0.05) is 6.07 Å². The summed E-state index contributed by atoms with van der Waals surface area (Å²) in [6.07, 6.45) is -0.438. The summed E-state index contributed by atoms with van der Waals surface area (Å²) >= 11 is 0. The second kappa shape index (κ2) is 8.62. The van der Waals surface area contributed by atoms with E-state index in [0.717, 1.165) is 31.9 Å². The normalized spacial score (nSPS) is 19.8. The second-order valence-electron chi connectivity index (χ2n) is 6.60. The number of amides is 1. The molecule has 0 aromatic heterocycles. The maximum atomic E-state index is 12.4. The summed E-state index contributed by atoms with van der Waals surface area (Å²) in [4.78, 5) is 28.3. The van der Waals surface area contributed by atoms with Crippen LogP contribution in [0.15, 0.2) is 18.2 Å². The second-order valence-corrected chi connectivity index (χ2v) is 6.60. The number of benzene rings is 1. The molecule has 7 heteroatoms. The Morgan fingerprint density at radius 2 is 1.65 bits per heavy atom. The van der Waals surface area contributed by atoms with E-state index in [2.05, 4.69) is 11.8 Å². The van der Waals surface area contributed by atoms with Crippen molar-refractivity contribution in [1.82, 2.24) is 9.80 Å². The van der Waals surface area contributed by atoms with Gasteiger partial charge in [-0.25, -0.2) is 4.79 Å². The molecule has 1 aromatic carbocycles. The van der Waals surface area contributed by atoms with Crippen LogP contribution >= 0.6 is 0 Å². The number of hydrogen-bond donors (Lipinski definition) is 0. The molecule has 0 spiro atoms. The Balaban J connectivity index is 1.79. The van der Waals surface area contributed by atoms with Gasteiger partial charge in [0, 0.05) is 32.2 Å². The van der Waals surface area contributed by atoms with Crippen molar-refractivity contribution in [3.05, 3.63) is 29.3 Å². The molecule has 0 radical (unpaired) electrons. The van der Waals surface area contributed by atoms with Crippen LogP contribution in [-0.4, -0.2) is 74.3 Å². The maximum Gasteiger partial charge on any atom is 0.415 e. The number of hydrogen-bond acceptors (Lipinski definition) is 6. The van der Waals surface area contributed by atoms with Gasteiger partial charge in [0.15, 0.2) is 5.78 Å². The molecular formula is C19H26N2O5. The molecule has 1 amide bonds. The molecule has 1 atom stereocenters. The lowest BCUT2D eigenvalue weighted by Gasteiger charge is -2.32. The van der Waals surface area contributed by atoms with E-state index in [4.69, 9.17) is 14.2 Å². The van der Waals surface area contributed by atoms with Crippen LogP contribution in [0.1, 0.15) is 35.8 Å². The number of rotatable bonds is 4. The van der Waals surface area contributed by atoms with Crippen molar-refractivity contribution in [3.8, 4) is 5.75 Å². The lowest BCUT2D eigenvalue weighted by molar-refractivity contribution is 0.0198. The Bertz CT molecular complexity index is 651. The highest BCUT2D eigenvalue weighted by Crippen LogP contribution is 2.28. The minimum atomic E-state index is -0.438. The molecule has 26 heavy (non-hydrogen) atoms. The summed E-state index contributed by atoms with van der Waals surface area (Å²) < 4.78 is 16.3. The van der Waals surface area contributed by atoms with E-state index >= 15 is 0 Å². The molecule has 0 bridgehead atoms. The van der Waals surface area contributed by atoms with Crippen molar-refractivity contribution in [3.63, 3.8) is 0 Å². The lowest BCUT2D eigenvalue weighted by Crippen LogP contribution is -2.42. The molecule has 1 unspecified atom stereocenters. The van der Waals surface area contributed by atoms with E-state index in [1.165, 1.54) is 6.92 Å². The van der Waals surface area contributed by atoms with E-state index in [1.807, 2.05) is 12.1 Å². The fraction of sp³-hybridized carbons (Fsp3) is 0.579. The quantitative estimate of drug-likeness (QED) is 0.764. The number of morpholine rings is 2. The smallest absolute Gasteiger partial charge is 0.409 e. The van der Waals surface area contributed by atoms with Gasteiger partial charge in [-0.05, 0) is 31.5 Å². The van der Waals surface area contributed by atoms with Crippen LogP contribution < -0.4 is 4.74 Å². The third-order valence-electron chi connectivity index (χ3n) is 4.93.